The number of hydrogen-bond acceptors (Lipinski definition) is 3. The standard InChI is InChI=1S/C9H10N2O/c12-6-7-2-1-3-9(11-7)8-4-5-10-8/h1-3,6,8,10H,4-5H2/t8-/m0/s1. The molecule has 0 radical (unpaired) electrons. The monoisotopic (exact) mass is 162 g/mol. The fraction of sp³-hybridized carbons (Fsp3) is 0.333. The molecule has 0 saturated carbocycles. The Morgan fingerprint density at radius 3 is 3.00 bits per heavy atom. The number of pyridine rings is 1. The maximum absolute atomic E-state index is 10.4. The summed E-state index contributed by atoms with van der Waals surface area (Å²) in [4.78, 5) is 14.6. The second-order valence-electron chi connectivity index (χ2n) is 2.90. The molecule has 1 aromatic heterocycles. The van der Waals surface area contributed by atoms with Gasteiger partial charge in [-0.05, 0) is 25.1 Å². The topological polar surface area (TPSA) is 42.0 Å². The van der Waals surface area contributed by atoms with Crippen molar-refractivity contribution < 1.29 is 4.79 Å². The van der Waals surface area contributed by atoms with Gasteiger partial charge in [-0.2, -0.15) is 0 Å². The predicted octanol–water partition coefficient (Wildman–Crippen LogP) is 0.928. The molecule has 1 fully saturated rings. The Labute approximate surface area is 70.8 Å². The van der Waals surface area contributed by atoms with Crippen LogP contribution in [0, 0.1) is 0 Å². The van der Waals surface area contributed by atoms with Crippen LogP contribution in [-0.2, 0) is 0 Å². The maximum Gasteiger partial charge on any atom is 0.168 e. The number of nitrogens with zero attached hydrogens (tertiary/aromatic N) is 1. The Kier molecular flexibility index (Phi) is 1.87. The van der Waals surface area contributed by atoms with Crippen LogP contribution in [-0.4, -0.2) is 17.8 Å². The smallest absolute Gasteiger partial charge is 0.168 e. The summed E-state index contributed by atoms with van der Waals surface area (Å²) >= 11 is 0. The molecular weight excluding hydrogens is 152 g/mol. The summed E-state index contributed by atoms with van der Waals surface area (Å²) in [6, 6.07) is 5.90. The quantitative estimate of drug-likeness (QED) is 0.658. The highest BCUT2D eigenvalue weighted by atomic mass is 16.1. The molecule has 0 aromatic carbocycles. The summed E-state index contributed by atoms with van der Waals surface area (Å²) < 4.78 is 0. The van der Waals surface area contributed by atoms with Gasteiger partial charge in [0.1, 0.15) is 5.69 Å². The predicted molar refractivity (Wildman–Crippen MR) is 45.0 cm³/mol. The lowest BCUT2D eigenvalue weighted by atomic mass is 10.0. The van der Waals surface area contributed by atoms with E-state index in [1.807, 2.05) is 12.1 Å². The molecule has 3 nitrogen and oxygen atoms in total. The molecule has 0 aliphatic carbocycles. The summed E-state index contributed by atoms with van der Waals surface area (Å²) in [7, 11) is 0. The van der Waals surface area contributed by atoms with E-state index >= 15 is 0 Å². The number of hydrogen-bond donors (Lipinski definition) is 1. The highest BCUT2D eigenvalue weighted by Crippen LogP contribution is 2.20. The Hall–Kier alpha value is -1.22. The summed E-state index contributed by atoms with van der Waals surface area (Å²) in [5.41, 5.74) is 1.49. The number of aromatic nitrogens is 1. The zero-order valence-electron chi connectivity index (χ0n) is 6.66. The molecule has 0 spiro atoms. The van der Waals surface area contributed by atoms with E-state index in [-0.39, 0.29) is 0 Å². The molecule has 1 atom stereocenters. The molecule has 0 bridgehead atoms. The van der Waals surface area contributed by atoms with Crippen LogP contribution >= 0.6 is 0 Å². The van der Waals surface area contributed by atoms with E-state index < -0.39 is 0 Å². The molecule has 3 heteroatoms. The van der Waals surface area contributed by atoms with Crippen molar-refractivity contribution in [3.05, 3.63) is 29.6 Å². The van der Waals surface area contributed by atoms with Crippen LogP contribution < -0.4 is 5.32 Å². The second kappa shape index (κ2) is 3.03. The molecule has 1 aliphatic rings. The first-order valence-electron chi connectivity index (χ1n) is 4.05. The first kappa shape index (κ1) is 7.43. The highest BCUT2D eigenvalue weighted by molar-refractivity contribution is 5.71. The van der Waals surface area contributed by atoms with Crippen molar-refractivity contribution in [1.82, 2.24) is 10.3 Å². The molecule has 1 aromatic rings. The molecule has 1 saturated heterocycles. The Morgan fingerprint density at radius 1 is 1.58 bits per heavy atom. The Bertz CT molecular complexity index is 294. The number of aldehydes is 1. The van der Waals surface area contributed by atoms with Crippen LogP contribution in [0.15, 0.2) is 18.2 Å². The van der Waals surface area contributed by atoms with E-state index in [4.69, 9.17) is 0 Å². The fourth-order valence-corrected chi connectivity index (χ4v) is 1.27. The molecule has 0 amide bonds. The van der Waals surface area contributed by atoms with Gasteiger partial charge in [-0.25, -0.2) is 4.98 Å². The average molecular weight is 162 g/mol. The Morgan fingerprint density at radius 2 is 2.42 bits per heavy atom. The van der Waals surface area contributed by atoms with E-state index in [9.17, 15) is 4.79 Å². The van der Waals surface area contributed by atoms with Gasteiger partial charge in [0.15, 0.2) is 6.29 Å². The van der Waals surface area contributed by atoms with Gasteiger partial charge in [0.25, 0.3) is 0 Å². The zero-order valence-corrected chi connectivity index (χ0v) is 6.66. The van der Waals surface area contributed by atoms with Crippen LogP contribution in [0.2, 0.25) is 0 Å². The third-order valence-corrected chi connectivity index (χ3v) is 2.09. The molecule has 1 N–H and O–H groups in total. The summed E-state index contributed by atoms with van der Waals surface area (Å²) in [6.07, 6.45) is 1.90. The van der Waals surface area contributed by atoms with Crippen molar-refractivity contribution in [2.75, 3.05) is 6.54 Å². The van der Waals surface area contributed by atoms with E-state index in [1.165, 1.54) is 0 Å². The summed E-state index contributed by atoms with van der Waals surface area (Å²) in [5, 5.41) is 3.23. The minimum Gasteiger partial charge on any atom is -0.309 e. The molecule has 62 valence electrons. The largest absolute Gasteiger partial charge is 0.309 e. The van der Waals surface area contributed by atoms with E-state index in [1.54, 1.807) is 6.07 Å². The van der Waals surface area contributed by atoms with Crippen molar-refractivity contribution in [2.24, 2.45) is 0 Å². The third kappa shape index (κ3) is 1.23. The molecule has 2 rings (SSSR count). The second-order valence-corrected chi connectivity index (χ2v) is 2.90. The minimum atomic E-state index is 0.366. The van der Waals surface area contributed by atoms with Crippen molar-refractivity contribution in [3.8, 4) is 0 Å². The van der Waals surface area contributed by atoms with Crippen molar-refractivity contribution >= 4 is 6.29 Å². The fourth-order valence-electron chi connectivity index (χ4n) is 1.27. The van der Waals surface area contributed by atoms with Crippen LogP contribution in [0.4, 0.5) is 0 Å². The number of carbonyl (C=O) groups excluding carboxylic acids is 1. The number of carbonyl (C=O) groups is 1. The SMILES string of the molecule is O=Cc1cccc([C@@H]2CCN2)n1. The van der Waals surface area contributed by atoms with Crippen molar-refractivity contribution in [1.29, 1.82) is 0 Å². The molecule has 1 aliphatic heterocycles. The van der Waals surface area contributed by atoms with Gasteiger partial charge in [-0.1, -0.05) is 6.07 Å². The van der Waals surface area contributed by atoms with Crippen LogP contribution in [0.1, 0.15) is 28.6 Å². The molecule has 12 heavy (non-hydrogen) atoms. The lowest BCUT2D eigenvalue weighted by Crippen LogP contribution is -2.35. The van der Waals surface area contributed by atoms with Gasteiger partial charge >= 0.3 is 0 Å². The third-order valence-electron chi connectivity index (χ3n) is 2.09. The minimum absolute atomic E-state index is 0.366. The number of rotatable bonds is 2. The molecular formula is C9H10N2O. The first-order valence-corrected chi connectivity index (χ1v) is 4.05. The summed E-state index contributed by atoms with van der Waals surface area (Å²) in [5.74, 6) is 0. The first-order chi connectivity index (χ1) is 5.90. The summed E-state index contributed by atoms with van der Waals surface area (Å²) in [6.45, 7) is 1.05. The van der Waals surface area contributed by atoms with Gasteiger partial charge in [0.05, 0.1) is 11.7 Å². The maximum atomic E-state index is 10.4. The zero-order chi connectivity index (χ0) is 8.39. The molecule has 2 heterocycles. The lowest BCUT2D eigenvalue weighted by molar-refractivity contribution is 0.111. The van der Waals surface area contributed by atoms with Crippen LogP contribution in [0.25, 0.3) is 0 Å². The lowest BCUT2D eigenvalue weighted by Gasteiger charge is -2.26. The van der Waals surface area contributed by atoms with E-state index in [0.717, 1.165) is 24.9 Å². The van der Waals surface area contributed by atoms with Crippen molar-refractivity contribution in [3.63, 3.8) is 0 Å². The van der Waals surface area contributed by atoms with Crippen molar-refractivity contribution in [2.45, 2.75) is 12.5 Å². The van der Waals surface area contributed by atoms with Crippen LogP contribution in [0.3, 0.4) is 0 Å². The van der Waals surface area contributed by atoms with Crippen LogP contribution in [0.5, 0.6) is 0 Å². The van der Waals surface area contributed by atoms with Gasteiger partial charge < -0.3 is 5.32 Å². The highest BCUT2D eigenvalue weighted by Gasteiger charge is 2.19. The van der Waals surface area contributed by atoms with E-state index in [2.05, 4.69) is 10.3 Å². The van der Waals surface area contributed by atoms with Gasteiger partial charge in [-0.3, -0.25) is 4.79 Å². The van der Waals surface area contributed by atoms with Gasteiger partial charge in [-0.15, -0.1) is 0 Å². The van der Waals surface area contributed by atoms with E-state index in [0.29, 0.717) is 11.7 Å². The normalized spacial score (nSPS) is 21.5. The average Bonchev–Trinajstić information content (AvgIpc) is 2.02. The number of nitrogens with one attached hydrogen (secondary N) is 1. The van der Waals surface area contributed by atoms with Gasteiger partial charge in [0.2, 0.25) is 0 Å². The Balaban J connectivity index is 2.25. The molecule has 0 unspecified atom stereocenters. The van der Waals surface area contributed by atoms with Gasteiger partial charge in [0, 0.05) is 0 Å².